The standard InChI is InChI=1S/C16H18O2/c1-3-14-6-10-16(11-7-14)18-12-17-15-8-4-13(2)5-9-15/h4-11H,3,12H2,1-2H3. The summed E-state index contributed by atoms with van der Waals surface area (Å²) in [5.41, 5.74) is 2.53. The Morgan fingerprint density at radius 2 is 1.28 bits per heavy atom. The molecule has 2 nitrogen and oxygen atoms in total. The molecule has 0 heterocycles. The van der Waals surface area contributed by atoms with E-state index in [1.54, 1.807) is 0 Å². The topological polar surface area (TPSA) is 18.5 Å². The van der Waals surface area contributed by atoms with Gasteiger partial charge in [-0.15, -0.1) is 0 Å². The third-order valence-corrected chi connectivity index (χ3v) is 2.80. The Morgan fingerprint density at radius 3 is 1.78 bits per heavy atom. The van der Waals surface area contributed by atoms with Crippen molar-refractivity contribution in [2.24, 2.45) is 0 Å². The molecule has 0 aliphatic rings. The van der Waals surface area contributed by atoms with Crippen LogP contribution in [-0.2, 0) is 6.42 Å². The van der Waals surface area contributed by atoms with Crippen LogP contribution < -0.4 is 9.47 Å². The molecule has 0 spiro atoms. The van der Waals surface area contributed by atoms with Gasteiger partial charge in [-0.1, -0.05) is 36.8 Å². The van der Waals surface area contributed by atoms with Gasteiger partial charge in [-0.25, -0.2) is 0 Å². The van der Waals surface area contributed by atoms with E-state index < -0.39 is 0 Å². The summed E-state index contributed by atoms with van der Waals surface area (Å²) in [6.45, 7) is 4.42. The molecule has 2 heteroatoms. The van der Waals surface area contributed by atoms with Crippen LogP contribution in [0.3, 0.4) is 0 Å². The maximum Gasteiger partial charge on any atom is 0.230 e. The van der Waals surface area contributed by atoms with Gasteiger partial charge < -0.3 is 9.47 Å². The summed E-state index contributed by atoms with van der Waals surface area (Å²) in [7, 11) is 0. The number of hydrogen-bond donors (Lipinski definition) is 0. The molecule has 2 aromatic carbocycles. The maximum atomic E-state index is 5.52. The Hall–Kier alpha value is -1.96. The quantitative estimate of drug-likeness (QED) is 0.738. The second-order valence-electron chi connectivity index (χ2n) is 4.22. The molecule has 0 N–H and O–H groups in total. The normalized spacial score (nSPS) is 10.1. The van der Waals surface area contributed by atoms with Crippen molar-refractivity contribution < 1.29 is 9.47 Å². The molecule has 0 atom stereocenters. The minimum Gasteiger partial charge on any atom is -0.458 e. The summed E-state index contributed by atoms with van der Waals surface area (Å²) in [6, 6.07) is 16.0. The minimum absolute atomic E-state index is 0.231. The van der Waals surface area contributed by atoms with Crippen LogP contribution in [0.15, 0.2) is 48.5 Å². The van der Waals surface area contributed by atoms with E-state index in [1.165, 1.54) is 11.1 Å². The molecule has 0 saturated carbocycles. The lowest BCUT2D eigenvalue weighted by molar-refractivity contribution is 0.120. The van der Waals surface area contributed by atoms with Crippen LogP contribution in [0.4, 0.5) is 0 Å². The van der Waals surface area contributed by atoms with E-state index in [4.69, 9.17) is 9.47 Å². The summed E-state index contributed by atoms with van der Waals surface area (Å²) in [5, 5.41) is 0. The van der Waals surface area contributed by atoms with Crippen LogP contribution in [-0.4, -0.2) is 6.79 Å². The number of benzene rings is 2. The highest BCUT2D eigenvalue weighted by molar-refractivity contribution is 5.28. The first-order valence-electron chi connectivity index (χ1n) is 6.19. The highest BCUT2D eigenvalue weighted by atomic mass is 16.7. The zero-order chi connectivity index (χ0) is 12.8. The second kappa shape index (κ2) is 6.10. The van der Waals surface area contributed by atoms with Crippen LogP contribution >= 0.6 is 0 Å². The first kappa shape index (κ1) is 12.5. The zero-order valence-electron chi connectivity index (χ0n) is 10.8. The van der Waals surface area contributed by atoms with Crippen molar-refractivity contribution in [2.75, 3.05) is 6.79 Å². The molecule has 0 unspecified atom stereocenters. The molecule has 2 aromatic rings. The fourth-order valence-corrected chi connectivity index (χ4v) is 1.62. The fraction of sp³-hybridized carbons (Fsp3) is 0.250. The molecule has 2 rings (SSSR count). The first-order valence-corrected chi connectivity index (χ1v) is 6.19. The first-order chi connectivity index (χ1) is 8.78. The Morgan fingerprint density at radius 1 is 0.778 bits per heavy atom. The Balaban J connectivity index is 1.82. The van der Waals surface area contributed by atoms with Crippen LogP contribution in [0.2, 0.25) is 0 Å². The molecule has 0 aliphatic heterocycles. The van der Waals surface area contributed by atoms with Crippen LogP contribution in [0.25, 0.3) is 0 Å². The lowest BCUT2D eigenvalue weighted by Gasteiger charge is -2.09. The monoisotopic (exact) mass is 242 g/mol. The number of rotatable bonds is 5. The van der Waals surface area contributed by atoms with Gasteiger partial charge in [0.05, 0.1) is 0 Å². The smallest absolute Gasteiger partial charge is 0.230 e. The van der Waals surface area contributed by atoms with Crippen molar-refractivity contribution >= 4 is 0 Å². The number of hydrogen-bond acceptors (Lipinski definition) is 2. The molecule has 0 aromatic heterocycles. The van der Waals surface area contributed by atoms with Crippen molar-refractivity contribution in [3.8, 4) is 11.5 Å². The van der Waals surface area contributed by atoms with Crippen molar-refractivity contribution in [1.29, 1.82) is 0 Å². The van der Waals surface area contributed by atoms with E-state index in [2.05, 4.69) is 26.0 Å². The summed E-state index contributed by atoms with van der Waals surface area (Å²) in [4.78, 5) is 0. The molecular formula is C16H18O2. The minimum atomic E-state index is 0.231. The number of aryl methyl sites for hydroxylation is 2. The molecule has 0 radical (unpaired) electrons. The number of ether oxygens (including phenoxy) is 2. The van der Waals surface area contributed by atoms with Gasteiger partial charge in [0.2, 0.25) is 6.79 Å². The predicted molar refractivity (Wildman–Crippen MR) is 73.1 cm³/mol. The van der Waals surface area contributed by atoms with Crippen molar-refractivity contribution in [3.63, 3.8) is 0 Å². The Bertz CT molecular complexity index is 471. The molecule has 94 valence electrons. The maximum absolute atomic E-state index is 5.52. The molecule has 0 aliphatic carbocycles. The lowest BCUT2D eigenvalue weighted by Crippen LogP contribution is -2.05. The molecule has 0 saturated heterocycles. The van der Waals surface area contributed by atoms with Crippen LogP contribution in [0.1, 0.15) is 18.1 Å². The van der Waals surface area contributed by atoms with E-state index in [9.17, 15) is 0 Å². The van der Waals surface area contributed by atoms with Gasteiger partial charge in [0, 0.05) is 0 Å². The predicted octanol–water partition coefficient (Wildman–Crippen LogP) is 3.97. The van der Waals surface area contributed by atoms with Crippen LogP contribution in [0.5, 0.6) is 11.5 Å². The van der Waals surface area contributed by atoms with Gasteiger partial charge in [-0.3, -0.25) is 0 Å². The van der Waals surface area contributed by atoms with Crippen molar-refractivity contribution in [2.45, 2.75) is 20.3 Å². The van der Waals surface area contributed by atoms with Crippen molar-refractivity contribution in [3.05, 3.63) is 59.7 Å². The van der Waals surface area contributed by atoms with E-state index in [-0.39, 0.29) is 6.79 Å². The zero-order valence-corrected chi connectivity index (χ0v) is 10.8. The van der Waals surface area contributed by atoms with E-state index in [0.717, 1.165) is 17.9 Å². The Labute approximate surface area is 108 Å². The summed E-state index contributed by atoms with van der Waals surface area (Å²) in [5.74, 6) is 1.66. The van der Waals surface area contributed by atoms with Gasteiger partial charge in [-0.2, -0.15) is 0 Å². The van der Waals surface area contributed by atoms with Crippen molar-refractivity contribution in [1.82, 2.24) is 0 Å². The Kier molecular flexibility index (Phi) is 4.24. The van der Waals surface area contributed by atoms with Gasteiger partial charge >= 0.3 is 0 Å². The molecular weight excluding hydrogens is 224 g/mol. The highest BCUT2D eigenvalue weighted by Crippen LogP contribution is 2.14. The lowest BCUT2D eigenvalue weighted by atomic mass is 10.2. The fourth-order valence-electron chi connectivity index (χ4n) is 1.62. The van der Waals surface area contributed by atoms with Gasteiger partial charge in [0.25, 0.3) is 0 Å². The largest absolute Gasteiger partial charge is 0.458 e. The molecule has 0 amide bonds. The van der Waals surface area contributed by atoms with Crippen LogP contribution in [0, 0.1) is 6.92 Å². The average molecular weight is 242 g/mol. The van der Waals surface area contributed by atoms with E-state index >= 15 is 0 Å². The molecule has 0 fully saturated rings. The van der Waals surface area contributed by atoms with E-state index in [1.807, 2.05) is 36.4 Å². The van der Waals surface area contributed by atoms with Gasteiger partial charge in [0.15, 0.2) is 0 Å². The second-order valence-corrected chi connectivity index (χ2v) is 4.22. The summed E-state index contributed by atoms with van der Waals surface area (Å²) < 4.78 is 11.0. The highest BCUT2D eigenvalue weighted by Gasteiger charge is 1.96. The summed E-state index contributed by atoms with van der Waals surface area (Å²) in [6.07, 6.45) is 1.04. The van der Waals surface area contributed by atoms with E-state index in [0.29, 0.717) is 0 Å². The third-order valence-electron chi connectivity index (χ3n) is 2.80. The molecule has 18 heavy (non-hydrogen) atoms. The SMILES string of the molecule is CCc1ccc(OCOc2ccc(C)cc2)cc1. The summed E-state index contributed by atoms with van der Waals surface area (Å²) >= 11 is 0. The average Bonchev–Trinajstić information content (AvgIpc) is 2.42. The third kappa shape index (κ3) is 3.52. The van der Waals surface area contributed by atoms with Gasteiger partial charge in [0.1, 0.15) is 11.5 Å². The van der Waals surface area contributed by atoms with Gasteiger partial charge in [-0.05, 0) is 43.2 Å². The molecule has 0 bridgehead atoms.